The van der Waals surface area contributed by atoms with Crippen LogP contribution in [0.4, 0.5) is 13.2 Å². The first kappa shape index (κ1) is 13.1. The molecule has 0 saturated carbocycles. The number of alkyl halides is 3. The summed E-state index contributed by atoms with van der Waals surface area (Å²) in [4.78, 5) is 5.04. The van der Waals surface area contributed by atoms with Crippen molar-refractivity contribution < 1.29 is 13.2 Å². The van der Waals surface area contributed by atoms with Crippen molar-refractivity contribution in [2.75, 3.05) is 0 Å². The number of halogens is 3. The average molecular weight is 297 g/mol. The van der Waals surface area contributed by atoms with Gasteiger partial charge in [-0.05, 0) is 24.4 Å². The molecule has 3 aromatic rings. The molecule has 0 unspecified atom stereocenters. The van der Waals surface area contributed by atoms with Gasteiger partial charge in [-0.2, -0.15) is 18.3 Å². The summed E-state index contributed by atoms with van der Waals surface area (Å²) in [5.41, 5.74) is -0.0913. The van der Waals surface area contributed by atoms with E-state index in [9.17, 15) is 13.2 Å². The van der Waals surface area contributed by atoms with Crippen molar-refractivity contribution in [3.63, 3.8) is 0 Å². The van der Waals surface area contributed by atoms with E-state index in [1.165, 1.54) is 22.2 Å². The maximum absolute atomic E-state index is 13.2. The van der Waals surface area contributed by atoms with Gasteiger partial charge in [0.05, 0.1) is 27.7 Å². The molecule has 0 spiro atoms. The van der Waals surface area contributed by atoms with E-state index < -0.39 is 11.7 Å². The fraction of sp³-hybridized carbons (Fsp3) is 0.231. The highest BCUT2D eigenvalue weighted by atomic mass is 32.1. The highest BCUT2D eigenvalue weighted by Crippen LogP contribution is 2.37. The molecule has 0 fully saturated rings. The van der Waals surface area contributed by atoms with E-state index in [1.807, 2.05) is 12.3 Å². The zero-order valence-electron chi connectivity index (χ0n) is 10.5. The number of aryl methyl sites for hydroxylation is 1. The van der Waals surface area contributed by atoms with Crippen LogP contribution in [0.3, 0.4) is 0 Å². The lowest BCUT2D eigenvalue weighted by molar-refractivity contribution is -0.136. The van der Waals surface area contributed by atoms with Crippen LogP contribution in [-0.2, 0) is 12.7 Å². The summed E-state index contributed by atoms with van der Waals surface area (Å²) in [7, 11) is 0. The second-order valence-corrected chi connectivity index (χ2v) is 5.18. The molecule has 0 amide bonds. The number of nitrogens with zero attached hydrogens (tertiary/aromatic N) is 3. The Kier molecular flexibility index (Phi) is 3.01. The minimum Gasteiger partial charge on any atom is -0.248 e. The van der Waals surface area contributed by atoms with Crippen LogP contribution in [0, 0.1) is 0 Å². The fourth-order valence-corrected chi connectivity index (χ4v) is 2.75. The summed E-state index contributed by atoms with van der Waals surface area (Å²) in [6, 6.07) is 4.64. The van der Waals surface area contributed by atoms with Crippen LogP contribution < -0.4 is 0 Å². The zero-order valence-corrected chi connectivity index (χ0v) is 11.3. The van der Waals surface area contributed by atoms with Gasteiger partial charge < -0.3 is 0 Å². The van der Waals surface area contributed by atoms with Gasteiger partial charge in [-0.15, -0.1) is 11.3 Å². The molecule has 0 saturated heterocycles. The molecule has 0 radical (unpaired) electrons. The molecule has 0 aliphatic carbocycles. The van der Waals surface area contributed by atoms with Crippen LogP contribution >= 0.6 is 11.3 Å². The lowest BCUT2D eigenvalue weighted by atomic mass is 10.1. The third-order valence-corrected chi connectivity index (χ3v) is 3.88. The van der Waals surface area contributed by atoms with E-state index in [-0.39, 0.29) is 11.0 Å². The van der Waals surface area contributed by atoms with E-state index in [1.54, 1.807) is 12.1 Å². The predicted octanol–water partition coefficient (Wildman–Crippen LogP) is 4.20. The molecule has 0 atom stereocenters. The van der Waals surface area contributed by atoms with Crippen LogP contribution in [-0.4, -0.2) is 14.8 Å². The normalized spacial score (nSPS) is 12.2. The summed E-state index contributed by atoms with van der Waals surface area (Å²) < 4.78 is 41.0. The molecule has 3 heterocycles. The molecular weight excluding hydrogens is 287 g/mol. The second kappa shape index (κ2) is 4.59. The predicted molar refractivity (Wildman–Crippen MR) is 71.5 cm³/mol. The molecule has 3 aromatic heterocycles. The summed E-state index contributed by atoms with van der Waals surface area (Å²) in [5, 5.41) is 5.82. The van der Waals surface area contributed by atoms with Crippen molar-refractivity contribution in [3.8, 4) is 10.6 Å². The minimum atomic E-state index is -4.42. The zero-order chi connectivity index (χ0) is 14.3. The van der Waals surface area contributed by atoms with Gasteiger partial charge in [-0.25, -0.2) is 9.67 Å². The Labute approximate surface area is 116 Å². The van der Waals surface area contributed by atoms with Crippen LogP contribution in [0.25, 0.3) is 21.6 Å². The van der Waals surface area contributed by atoms with E-state index in [4.69, 9.17) is 0 Å². The summed E-state index contributed by atoms with van der Waals surface area (Å²) in [6.07, 6.45) is -3.19. The van der Waals surface area contributed by atoms with Gasteiger partial charge in [0.25, 0.3) is 0 Å². The van der Waals surface area contributed by atoms with Gasteiger partial charge in [0.2, 0.25) is 0 Å². The summed E-state index contributed by atoms with van der Waals surface area (Å²) in [6.45, 7) is 2.29. The first-order valence-corrected chi connectivity index (χ1v) is 6.86. The Hall–Kier alpha value is -1.89. The van der Waals surface area contributed by atoms with E-state index in [0.717, 1.165) is 6.07 Å². The Morgan fingerprint density at radius 1 is 1.35 bits per heavy atom. The molecule has 104 valence electrons. The third-order valence-electron chi connectivity index (χ3n) is 2.99. The second-order valence-electron chi connectivity index (χ2n) is 4.23. The molecular formula is C13H10F3N3S. The van der Waals surface area contributed by atoms with Crippen molar-refractivity contribution in [1.29, 1.82) is 0 Å². The maximum atomic E-state index is 13.2. The molecule has 0 bridgehead atoms. The van der Waals surface area contributed by atoms with Crippen LogP contribution in [0.2, 0.25) is 0 Å². The molecule has 0 aliphatic heterocycles. The van der Waals surface area contributed by atoms with Crippen molar-refractivity contribution in [1.82, 2.24) is 14.8 Å². The standard InChI is InChI=1S/C13H10F3N3S/c1-2-19-12-8(7-17-19)9(13(14,15)16)6-10(18-12)11-4-3-5-20-11/h3-7H,2H2,1H3. The lowest BCUT2D eigenvalue weighted by Gasteiger charge is -2.10. The average Bonchev–Trinajstić information content (AvgIpc) is 3.05. The van der Waals surface area contributed by atoms with Crippen molar-refractivity contribution in [2.45, 2.75) is 19.6 Å². The Balaban J connectivity index is 2.33. The SMILES string of the molecule is CCn1ncc2c(C(F)(F)F)cc(-c3cccs3)nc21. The molecule has 3 nitrogen and oxygen atoms in total. The van der Waals surface area contributed by atoms with E-state index in [2.05, 4.69) is 10.1 Å². The number of hydrogen-bond acceptors (Lipinski definition) is 3. The topological polar surface area (TPSA) is 30.7 Å². The highest BCUT2D eigenvalue weighted by molar-refractivity contribution is 7.13. The van der Waals surface area contributed by atoms with Crippen molar-refractivity contribution >= 4 is 22.4 Å². The maximum Gasteiger partial charge on any atom is 0.417 e. The van der Waals surface area contributed by atoms with Crippen LogP contribution in [0.1, 0.15) is 12.5 Å². The molecule has 3 rings (SSSR count). The van der Waals surface area contributed by atoms with Gasteiger partial charge in [0.15, 0.2) is 5.65 Å². The van der Waals surface area contributed by atoms with E-state index in [0.29, 0.717) is 17.1 Å². The quantitative estimate of drug-likeness (QED) is 0.710. The monoisotopic (exact) mass is 297 g/mol. The number of fused-ring (bicyclic) bond motifs is 1. The third kappa shape index (κ3) is 2.07. The Morgan fingerprint density at radius 2 is 2.15 bits per heavy atom. The minimum absolute atomic E-state index is 0.0413. The highest BCUT2D eigenvalue weighted by Gasteiger charge is 2.34. The van der Waals surface area contributed by atoms with Gasteiger partial charge in [0, 0.05) is 6.54 Å². The van der Waals surface area contributed by atoms with Gasteiger partial charge in [-0.3, -0.25) is 0 Å². The number of thiophene rings is 1. The first-order chi connectivity index (χ1) is 9.50. The summed E-state index contributed by atoms with van der Waals surface area (Å²) >= 11 is 1.36. The number of hydrogen-bond donors (Lipinski definition) is 0. The summed E-state index contributed by atoms with van der Waals surface area (Å²) in [5.74, 6) is 0. The number of aromatic nitrogens is 3. The molecule has 0 aromatic carbocycles. The molecule has 0 N–H and O–H groups in total. The fourth-order valence-electron chi connectivity index (χ4n) is 2.06. The first-order valence-electron chi connectivity index (χ1n) is 5.98. The lowest BCUT2D eigenvalue weighted by Crippen LogP contribution is -2.07. The largest absolute Gasteiger partial charge is 0.417 e. The van der Waals surface area contributed by atoms with Crippen LogP contribution in [0.5, 0.6) is 0 Å². The molecule has 0 aliphatic rings. The number of rotatable bonds is 2. The van der Waals surface area contributed by atoms with Crippen LogP contribution in [0.15, 0.2) is 29.8 Å². The molecule has 7 heteroatoms. The Morgan fingerprint density at radius 3 is 2.75 bits per heavy atom. The van der Waals surface area contributed by atoms with Gasteiger partial charge >= 0.3 is 6.18 Å². The van der Waals surface area contributed by atoms with E-state index >= 15 is 0 Å². The Bertz CT molecular complexity index is 744. The smallest absolute Gasteiger partial charge is 0.248 e. The van der Waals surface area contributed by atoms with Crippen molar-refractivity contribution in [2.24, 2.45) is 0 Å². The number of pyridine rings is 1. The van der Waals surface area contributed by atoms with Crippen molar-refractivity contribution in [3.05, 3.63) is 35.3 Å². The van der Waals surface area contributed by atoms with Gasteiger partial charge in [0.1, 0.15) is 0 Å². The van der Waals surface area contributed by atoms with Gasteiger partial charge in [-0.1, -0.05) is 6.07 Å². The molecule has 20 heavy (non-hydrogen) atoms.